The molecular weight excluding hydrogens is 473 g/mol. The zero-order valence-electron chi connectivity index (χ0n) is 16.9. The van der Waals surface area contributed by atoms with Crippen LogP contribution in [0.15, 0.2) is 52.2 Å². The number of carbonyl (C=O) groups is 1. The predicted molar refractivity (Wildman–Crippen MR) is 128 cm³/mol. The molecule has 4 heterocycles. The van der Waals surface area contributed by atoms with E-state index in [9.17, 15) is 13.2 Å². The van der Waals surface area contributed by atoms with Gasteiger partial charge in [-0.25, -0.2) is 18.1 Å². The Bertz CT molecular complexity index is 1250. The van der Waals surface area contributed by atoms with Gasteiger partial charge in [-0.05, 0) is 42.8 Å². The summed E-state index contributed by atoms with van der Waals surface area (Å²) in [6.07, 6.45) is 1.43. The third kappa shape index (κ3) is 4.65. The summed E-state index contributed by atoms with van der Waals surface area (Å²) in [6, 6.07) is 9.09. The standard InChI is InChI=1S/C20H20N4O3S4/c1-12(2)23-31(26,27)13-10-14(24(3)11-13)19(25)22-20-21-17(15-6-4-8-28-15)18(30-20)16-7-5-9-29-16/h4-12,23H,1-3H3,(H,21,22,25). The minimum Gasteiger partial charge on any atom is -0.345 e. The summed E-state index contributed by atoms with van der Waals surface area (Å²) >= 11 is 4.60. The molecular formula is C20H20N4O3S4. The van der Waals surface area contributed by atoms with Gasteiger partial charge in [0.1, 0.15) is 16.3 Å². The summed E-state index contributed by atoms with van der Waals surface area (Å²) in [5.41, 5.74) is 1.06. The Morgan fingerprint density at radius 1 is 1.13 bits per heavy atom. The fraction of sp³-hybridized carbons (Fsp3) is 0.200. The molecule has 0 saturated carbocycles. The van der Waals surface area contributed by atoms with Crippen molar-refractivity contribution in [2.75, 3.05) is 5.32 Å². The van der Waals surface area contributed by atoms with Gasteiger partial charge in [-0.1, -0.05) is 23.5 Å². The number of aromatic nitrogens is 2. The van der Waals surface area contributed by atoms with Crippen molar-refractivity contribution in [3.05, 3.63) is 53.0 Å². The number of rotatable bonds is 7. The largest absolute Gasteiger partial charge is 0.345 e. The Labute approximate surface area is 192 Å². The minimum absolute atomic E-state index is 0.0477. The fourth-order valence-electron chi connectivity index (χ4n) is 2.98. The number of nitrogens with zero attached hydrogens (tertiary/aromatic N) is 2. The SMILES string of the molecule is CC(C)NS(=O)(=O)c1cc(C(=O)Nc2nc(-c3cccs3)c(-c3cccs3)s2)n(C)c1. The Morgan fingerprint density at radius 3 is 2.42 bits per heavy atom. The topological polar surface area (TPSA) is 93.1 Å². The molecule has 0 fully saturated rings. The lowest BCUT2D eigenvalue weighted by molar-refractivity contribution is 0.101. The Hall–Kier alpha value is -2.31. The second-order valence-electron chi connectivity index (χ2n) is 7.05. The molecule has 0 spiro atoms. The van der Waals surface area contributed by atoms with Gasteiger partial charge in [0, 0.05) is 24.2 Å². The third-order valence-corrected chi connectivity index (χ3v) is 8.78. The van der Waals surface area contributed by atoms with Gasteiger partial charge >= 0.3 is 0 Å². The molecule has 0 bridgehead atoms. The first kappa shape index (κ1) is 21.9. The zero-order valence-corrected chi connectivity index (χ0v) is 20.2. The maximum absolute atomic E-state index is 12.9. The van der Waals surface area contributed by atoms with Crippen molar-refractivity contribution < 1.29 is 13.2 Å². The Kier molecular flexibility index (Phi) is 6.13. The first-order chi connectivity index (χ1) is 14.7. The highest BCUT2D eigenvalue weighted by Crippen LogP contribution is 2.42. The van der Waals surface area contributed by atoms with Gasteiger partial charge in [0.2, 0.25) is 10.0 Å². The minimum atomic E-state index is -3.69. The van der Waals surface area contributed by atoms with E-state index in [1.54, 1.807) is 43.6 Å². The van der Waals surface area contributed by atoms with Crippen molar-refractivity contribution in [2.45, 2.75) is 24.8 Å². The number of anilines is 1. The van der Waals surface area contributed by atoms with E-state index >= 15 is 0 Å². The Balaban J connectivity index is 1.63. The molecule has 0 unspecified atom stereocenters. The van der Waals surface area contributed by atoms with Crippen LogP contribution in [0.3, 0.4) is 0 Å². The molecule has 1 amide bonds. The molecule has 0 aliphatic rings. The molecule has 0 aliphatic carbocycles. The molecule has 7 nitrogen and oxygen atoms in total. The fourth-order valence-corrected chi connectivity index (χ4v) is 6.91. The molecule has 11 heteroatoms. The maximum atomic E-state index is 12.9. The van der Waals surface area contributed by atoms with Crippen molar-refractivity contribution in [1.82, 2.24) is 14.3 Å². The van der Waals surface area contributed by atoms with Crippen molar-refractivity contribution in [2.24, 2.45) is 7.05 Å². The molecule has 162 valence electrons. The second-order valence-corrected chi connectivity index (χ2v) is 11.7. The highest BCUT2D eigenvalue weighted by molar-refractivity contribution is 7.89. The van der Waals surface area contributed by atoms with E-state index in [0.717, 1.165) is 20.3 Å². The van der Waals surface area contributed by atoms with Crippen LogP contribution in [0.4, 0.5) is 5.13 Å². The third-order valence-electron chi connectivity index (χ3n) is 4.26. The molecule has 0 aliphatic heterocycles. The van der Waals surface area contributed by atoms with Crippen LogP contribution in [0.2, 0.25) is 0 Å². The summed E-state index contributed by atoms with van der Waals surface area (Å²) in [7, 11) is -2.05. The van der Waals surface area contributed by atoms with Crippen LogP contribution in [0.1, 0.15) is 24.3 Å². The molecule has 0 atom stereocenters. The summed E-state index contributed by atoms with van der Waals surface area (Å²) in [6.45, 7) is 3.49. The van der Waals surface area contributed by atoms with E-state index in [-0.39, 0.29) is 16.6 Å². The van der Waals surface area contributed by atoms with Crippen molar-refractivity contribution in [3.8, 4) is 20.3 Å². The zero-order chi connectivity index (χ0) is 22.2. The first-order valence-corrected chi connectivity index (χ1v) is 13.4. The first-order valence-electron chi connectivity index (χ1n) is 9.33. The second kappa shape index (κ2) is 8.67. The van der Waals surface area contributed by atoms with Gasteiger partial charge in [0.05, 0.1) is 9.75 Å². The summed E-state index contributed by atoms with van der Waals surface area (Å²) in [5.74, 6) is -0.419. The molecule has 0 aromatic carbocycles. The van der Waals surface area contributed by atoms with E-state index < -0.39 is 15.9 Å². The van der Waals surface area contributed by atoms with Crippen molar-refractivity contribution in [3.63, 3.8) is 0 Å². The van der Waals surface area contributed by atoms with E-state index in [4.69, 9.17) is 0 Å². The number of sulfonamides is 1. The van der Waals surface area contributed by atoms with Crippen molar-refractivity contribution >= 4 is 55.1 Å². The number of thiophene rings is 2. The summed E-state index contributed by atoms with van der Waals surface area (Å²) in [5, 5.41) is 7.28. The average Bonchev–Trinajstić information content (AvgIpc) is 3.46. The number of aryl methyl sites for hydroxylation is 1. The lowest BCUT2D eigenvalue weighted by Crippen LogP contribution is -2.29. The maximum Gasteiger partial charge on any atom is 0.274 e. The van der Waals surface area contributed by atoms with Crippen LogP contribution in [0.5, 0.6) is 0 Å². The van der Waals surface area contributed by atoms with Gasteiger partial charge in [-0.15, -0.1) is 22.7 Å². The van der Waals surface area contributed by atoms with E-state index in [0.29, 0.717) is 5.13 Å². The monoisotopic (exact) mass is 492 g/mol. The lowest BCUT2D eigenvalue weighted by Gasteiger charge is -2.07. The highest BCUT2D eigenvalue weighted by Gasteiger charge is 2.23. The molecule has 0 radical (unpaired) electrons. The van der Waals surface area contributed by atoms with Gasteiger partial charge in [0.15, 0.2) is 5.13 Å². The van der Waals surface area contributed by atoms with Gasteiger partial charge < -0.3 is 4.57 Å². The molecule has 4 rings (SSSR count). The molecule has 4 aromatic rings. The molecule has 31 heavy (non-hydrogen) atoms. The molecule has 0 saturated heterocycles. The van der Waals surface area contributed by atoms with E-state index in [1.807, 2.05) is 35.0 Å². The van der Waals surface area contributed by atoms with Gasteiger partial charge in [-0.3, -0.25) is 10.1 Å². The van der Waals surface area contributed by atoms with Crippen LogP contribution in [0.25, 0.3) is 20.3 Å². The predicted octanol–water partition coefficient (Wildman–Crippen LogP) is 4.88. The number of nitrogens with one attached hydrogen (secondary N) is 2. The normalized spacial score (nSPS) is 11.9. The van der Waals surface area contributed by atoms with E-state index in [1.165, 1.54) is 28.2 Å². The highest BCUT2D eigenvalue weighted by atomic mass is 32.2. The van der Waals surface area contributed by atoms with E-state index in [2.05, 4.69) is 15.0 Å². The van der Waals surface area contributed by atoms with Crippen LogP contribution in [0, 0.1) is 0 Å². The van der Waals surface area contributed by atoms with Gasteiger partial charge in [-0.2, -0.15) is 0 Å². The average molecular weight is 493 g/mol. The molecule has 2 N–H and O–H groups in total. The van der Waals surface area contributed by atoms with Gasteiger partial charge in [0.25, 0.3) is 5.91 Å². The van der Waals surface area contributed by atoms with Crippen molar-refractivity contribution in [1.29, 1.82) is 0 Å². The summed E-state index contributed by atoms with van der Waals surface area (Å²) in [4.78, 5) is 20.7. The van der Waals surface area contributed by atoms with Crippen LogP contribution in [-0.2, 0) is 17.1 Å². The number of hydrogen-bond donors (Lipinski definition) is 2. The Morgan fingerprint density at radius 2 is 1.81 bits per heavy atom. The summed E-state index contributed by atoms with van der Waals surface area (Å²) < 4.78 is 28.9. The molecule has 4 aromatic heterocycles. The van der Waals surface area contributed by atoms with Crippen LogP contribution >= 0.6 is 34.0 Å². The quantitative estimate of drug-likeness (QED) is 0.385. The number of hydrogen-bond acceptors (Lipinski definition) is 7. The smallest absolute Gasteiger partial charge is 0.274 e. The number of thiazole rings is 1. The number of amides is 1. The van der Waals surface area contributed by atoms with Crippen LogP contribution < -0.4 is 10.0 Å². The lowest BCUT2D eigenvalue weighted by atomic mass is 10.3. The van der Waals surface area contributed by atoms with Crippen LogP contribution in [-0.4, -0.2) is 29.9 Å². The number of carbonyl (C=O) groups excluding carboxylic acids is 1.